The molecule has 0 aliphatic carbocycles. The van der Waals surface area contributed by atoms with Crippen molar-refractivity contribution in [3.63, 3.8) is 0 Å². The van der Waals surface area contributed by atoms with Crippen LogP contribution in [0.1, 0.15) is 12.0 Å². The number of rotatable bonds is 6. The maximum Gasteiger partial charge on any atom is 0.387 e. The molecular formula is C14H18F2N2O2S. The molecule has 1 unspecified atom stereocenters. The Morgan fingerprint density at radius 3 is 2.81 bits per heavy atom. The van der Waals surface area contributed by atoms with Crippen LogP contribution >= 0.6 is 11.8 Å². The van der Waals surface area contributed by atoms with E-state index >= 15 is 0 Å². The molecule has 2 rings (SSSR count). The number of nitrogens with one attached hydrogen (secondary N) is 2. The summed E-state index contributed by atoms with van der Waals surface area (Å²) in [6.45, 7) is -1.50. The van der Waals surface area contributed by atoms with Crippen molar-refractivity contribution in [2.24, 2.45) is 0 Å². The number of thioether (sulfide) groups is 1. The minimum absolute atomic E-state index is 0.0112. The highest BCUT2D eigenvalue weighted by atomic mass is 32.2. The van der Waals surface area contributed by atoms with Gasteiger partial charge in [0.25, 0.3) is 0 Å². The van der Waals surface area contributed by atoms with Gasteiger partial charge in [-0.15, -0.1) is 0 Å². The van der Waals surface area contributed by atoms with Crippen LogP contribution in [0, 0.1) is 0 Å². The molecule has 21 heavy (non-hydrogen) atoms. The summed E-state index contributed by atoms with van der Waals surface area (Å²) in [5.41, 5.74) is 0.843. The molecule has 4 nitrogen and oxygen atoms in total. The third-order valence-corrected chi connectivity index (χ3v) is 4.20. The van der Waals surface area contributed by atoms with E-state index in [9.17, 15) is 13.6 Å². The maximum absolute atomic E-state index is 12.0. The van der Waals surface area contributed by atoms with Gasteiger partial charge in [0.2, 0.25) is 5.91 Å². The highest BCUT2D eigenvalue weighted by molar-refractivity contribution is 7.99. The smallest absolute Gasteiger partial charge is 0.387 e. The van der Waals surface area contributed by atoms with Gasteiger partial charge in [-0.2, -0.15) is 20.5 Å². The molecule has 1 aromatic carbocycles. The van der Waals surface area contributed by atoms with Crippen LogP contribution in [0.4, 0.5) is 8.78 Å². The fraction of sp³-hybridized carbons (Fsp3) is 0.500. The third-order valence-electron chi connectivity index (χ3n) is 3.07. The van der Waals surface area contributed by atoms with E-state index in [0.717, 1.165) is 23.6 Å². The number of alkyl halides is 2. The molecule has 0 bridgehead atoms. The normalized spacial score (nSPS) is 18.5. The molecule has 0 radical (unpaired) electrons. The summed E-state index contributed by atoms with van der Waals surface area (Å²) in [5.74, 6) is 2.14. The van der Waals surface area contributed by atoms with E-state index in [0.29, 0.717) is 13.0 Å². The van der Waals surface area contributed by atoms with Gasteiger partial charge in [0.15, 0.2) is 0 Å². The van der Waals surface area contributed by atoms with Gasteiger partial charge in [-0.1, -0.05) is 12.1 Å². The number of carbonyl (C=O) groups is 1. The second-order valence-corrected chi connectivity index (χ2v) is 5.88. The molecule has 0 saturated carbocycles. The second kappa shape index (κ2) is 8.19. The highest BCUT2D eigenvalue weighted by Crippen LogP contribution is 2.15. The van der Waals surface area contributed by atoms with Crippen molar-refractivity contribution >= 4 is 17.7 Å². The first-order chi connectivity index (χ1) is 10.1. The Hall–Kier alpha value is -1.34. The molecule has 7 heteroatoms. The fourth-order valence-electron chi connectivity index (χ4n) is 2.04. The van der Waals surface area contributed by atoms with E-state index in [2.05, 4.69) is 15.4 Å². The summed E-state index contributed by atoms with van der Waals surface area (Å²) < 4.78 is 28.3. The molecule has 2 N–H and O–H groups in total. The number of benzene rings is 1. The number of ether oxygens (including phenoxy) is 1. The first kappa shape index (κ1) is 16.0. The molecule has 1 atom stereocenters. The minimum atomic E-state index is -2.82. The first-order valence-electron chi connectivity index (χ1n) is 6.75. The zero-order valence-corrected chi connectivity index (χ0v) is 12.3. The SMILES string of the molecule is O=C(CC1CSCCN1)NCc1ccc(OC(F)F)cc1. The Balaban J connectivity index is 1.73. The van der Waals surface area contributed by atoms with Crippen LogP contribution in [-0.4, -0.2) is 36.6 Å². The highest BCUT2D eigenvalue weighted by Gasteiger charge is 2.16. The van der Waals surface area contributed by atoms with Crippen molar-refractivity contribution in [2.45, 2.75) is 25.6 Å². The molecular weight excluding hydrogens is 298 g/mol. The third kappa shape index (κ3) is 5.89. The molecule has 116 valence electrons. The van der Waals surface area contributed by atoms with Crippen LogP contribution in [0.15, 0.2) is 24.3 Å². The van der Waals surface area contributed by atoms with E-state index in [-0.39, 0.29) is 17.7 Å². The number of amides is 1. The zero-order chi connectivity index (χ0) is 15.1. The summed E-state index contributed by atoms with van der Waals surface area (Å²) in [4.78, 5) is 11.8. The van der Waals surface area contributed by atoms with Crippen LogP contribution in [0.5, 0.6) is 5.75 Å². The van der Waals surface area contributed by atoms with Gasteiger partial charge < -0.3 is 15.4 Å². The van der Waals surface area contributed by atoms with Crippen molar-refractivity contribution in [3.05, 3.63) is 29.8 Å². The van der Waals surface area contributed by atoms with Gasteiger partial charge in [0.05, 0.1) is 0 Å². The maximum atomic E-state index is 12.0. The van der Waals surface area contributed by atoms with Crippen molar-refractivity contribution in [2.75, 3.05) is 18.1 Å². The summed E-state index contributed by atoms with van der Waals surface area (Å²) in [6.07, 6.45) is 0.458. The Kier molecular flexibility index (Phi) is 6.25. The van der Waals surface area contributed by atoms with E-state index in [1.54, 1.807) is 12.1 Å². The zero-order valence-electron chi connectivity index (χ0n) is 11.5. The molecule has 1 heterocycles. The van der Waals surface area contributed by atoms with Gasteiger partial charge in [0.1, 0.15) is 5.75 Å². The van der Waals surface area contributed by atoms with Gasteiger partial charge in [-0.25, -0.2) is 0 Å². The van der Waals surface area contributed by atoms with E-state index in [1.165, 1.54) is 12.1 Å². The van der Waals surface area contributed by atoms with Crippen molar-refractivity contribution in [1.82, 2.24) is 10.6 Å². The van der Waals surface area contributed by atoms with Gasteiger partial charge >= 0.3 is 6.61 Å². The summed E-state index contributed by atoms with van der Waals surface area (Å²) >= 11 is 1.85. The van der Waals surface area contributed by atoms with E-state index < -0.39 is 6.61 Å². The predicted molar refractivity (Wildman–Crippen MR) is 78.7 cm³/mol. The minimum Gasteiger partial charge on any atom is -0.435 e. The summed E-state index contributed by atoms with van der Waals surface area (Å²) in [5, 5.41) is 6.13. The summed E-state index contributed by atoms with van der Waals surface area (Å²) in [7, 11) is 0. The second-order valence-electron chi connectivity index (χ2n) is 4.73. The van der Waals surface area contributed by atoms with Gasteiger partial charge in [-0.05, 0) is 17.7 Å². The van der Waals surface area contributed by atoms with Gasteiger partial charge in [0, 0.05) is 37.1 Å². The molecule has 1 fully saturated rings. The van der Waals surface area contributed by atoms with E-state index in [4.69, 9.17) is 0 Å². The lowest BCUT2D eigenvalue weighted by atomic mass is 10.2. The van der Waals surface area contributed by atoms with Gasteiger partial charge in [-0.3, -0.25) is 4.79 Å². The van der Waals surface area contributed by atoms with E-state index in [1.807, 2.05) is 11.8 Å². The molecule has 1 aliphatic heterocycles. The van der Waals surface area contributed by atoms with Crippen molar-refractivity contribution in [3.8, 4) is 5.75 Å². The first-order valence-corrected chi connectivity index (χ1v) is 7.90. The Bertz CT molecular complexity index is 451. The molecule has 0 spiro atoms. The van der Waals surface area contributed by atoms with Crippen LogP contribution in [0.2, 0.25) is 0 Å². The largest absolute Gasteiger partial charge is 0.435 e. The Morgan fingerprint density at radius 2 is 2.19 bits per heavy atom. The quantitative estimate of drug-likeness (QED) is 0.843. The lowest BCUT2D eigenvalue weighted by Gasteiger charge is -2.22. The molecule has 1 amide bonds. The van der Waals surface area contributed by atoms with Crippen molar-refractivity contribution < 1.29 is 18.3 Å². The molecule has 1 aromatic rings. The Labute approximate surface area is 126 Å². The molecule has 0 aromatic heterocycles. The van der Waals surface area contributed by atoms with Crippen LogP contribution in [-0.2, 0) is 11.3 Å². The fourth-order valence-corrected chi connectivity index (χ4v) is 2.99. The van der Waals surface area contributed by atoms with Crippen molar-refractivity contribution in [1.29, 1.82) is 0 Å². The van der Waals surface area contributed by atoms with Crippen LogP contribution in [0.3, 0.4) is 0 Å². The number of hydrogen-bond acceptors (Lipinski definition) is 4. The topological polar surface area (TPSA) is 50.4 Å². The standard InChI is InChI=1S/C14H18F2N2O2S/c15-14(16)20-12-3-1-10(2-4-12)8-18-13(19)7-11-9-21-6-5-17-11/h1-4,11,14,17H,5-9H2,(H,18,19). The number of carbonyl (C=O) groups excluding carboxylic acids is 1. The number of halogens is 2. The lowest BCUT2D eigenvalue weighted by Crippen LogP contribution is -2.41. The Morgan fingerprint density at radius 1 is 1.43 bits per heavy atom. The van der Waals surface area contributed by atoms with Crippen LogP contribution < -0.4 is 15.4 Å². The molecule has 1 aliphatic rings. The monoisotopic (exact) mass is 316 g/mol. The lowest BCUT2D eigenvalue weighted by molar-refractivity contribution is -0.121. The average Bonchev–Trinajstić information content (AvgIpc) is 2.47. The summed E-state index contributed by atoms with van der Waals surface area (Å²) in [6, 6.07) is 6.48. The predicted octanol–water partition coefficient (Wildman–Crippen LogP) is 2.00. The molecule has 1 saturated heterocycles. The average molecular weight is 316 g/mol. The van der Waals surface area contributed by atoms with Crippen LogP contribution in [0.25, 0.3) is 0 Å². The number of hydrogen-bond donors (Lipinski definition) is 2.